The SMILES string of the molecule is COc1ccc(S(=O)(=O)Nc2ccc(C(=O)N[C@@H](C)c3ccccc3)cc2)cc1. The molecule has 0 heterocycles. The monoisotopic (exact) mass is 410 g/mol. The van der Waals surface area contributed by atoms with Crippen LogP contribution in [-0.4, -0.2) is 21.4 Å². The first-order valence-corrected chi connectivity index (χ1v) is 10.5. The Hall–Kier alpha value is -3.32. The van der Waals surface area contributed by atoms with Crippen LogP contribution in [0.4, 0.5) is 5.69 Å². The highest BCUT2D eigenvalue weighted by molar-refractivity contribution is 7.92. The van der Waals surface area contributed by atoms with Crippen LogP contribution in [0.3, 0.4) is 0 Å². The van der Waals surface area contributed by atoms with Crippen LogP contribution >= 0.6 is 0 Å². The summed E-state index contributed by atoms with van der Waals surface area (Å²) in [7, 11) is -2.22. The molecule has 0 spiro atoms. The number of hydrogen-bond donors (Lipinski definition) is 2. The number of hydrogen-bond acceptors (Lipinski definition) is 4. The normalized spacial score (nSPS) is 12.1. The molecule has 7 heteroatoms. The molecular formula is C22H22N2O4S. The van der Waals surface area contributed by atoms with Crippen molar-refractivity contribution in [3.8, 4) is 5.75 Å². The Labute approximate surface area is 170 Å². The summed E-state index contributed by atoms with van der Waals surface area (Å²) in [4.78, 5) is 12.6. The molecule has 0 radical (unpaired) electrons. The maximum absolute atomic E-state index is 12.5. The lowest BCUT2D eigenvalue weighted by atomic mass is 10.1. The van der Waals surface area contributed by atoms with Gasteiger partial charge in [0.05, 0.1) is 18.0 Å². The summed E-state index contributed by atoms with van der Waals surface area (Å²) in [6.07, 6.45) is 0. The number of ether oxygens (including phenoxy) is 1. The molecule has 0 unspecified atom stereocenters. The van der Waals surface area contributed by atoms with Crippen LogP contribution in [-0.2, 0) is 10.0 Å². The zero-order chi connectivity index (χ0) is 20.9. The second-order valence-corrected chi connectivity index (χ2v) is 8.15. The zero-order valence-electron chi connectivity index (χ0n) is 16.1. The van der Waals surface area contributed by atoms with E-state index in [9.17, 15) is 13.2 Å². The van der Waals surface area contributed by atoms with Crippen molar-refractivity contribution in [2.75, 3.05) is 11.8 Å². The van der Waals surface area contributed by atoms with Crippen LogP contribution in [0.1, 0.15) is 28.9 Å². The number of methoxy groups -OCH3 is 1. The number of carbonyl (C=O) groups excluding carboxylic acids is 1. The van der Waals surface area contributed by atoms with Crippen LogP contribution in [0.15, 0.2) is 83.8 Å². The molecular weight excluding hydrogens is 388 g/mol. The number of nitrogens with one attached hydrogen (secondary N) is 2. The summed E-state index contributed by atoms with van der Waals surface area (Å²) in [5, 5.41) is 2.93. The third-order valence-corrected chi connectivity index (χ3v) is 5.81. The minimum Gasteiger partial charge on any atom is -0.497 e. The summed E-state index contributed by atoms with van der Waals surface area (Å²) in [6, 6.07) is 21.9. The van der Waals surface area contributed by atoms with Crippen molar-refractivity contribution in [2.45, 2.75) is 17.9 Å². The molecule has 3 aromatic rings. The van der Waals surface area contributed by atoms with E-state index in [-0.39, 0.29) is 16.8 Å². The van der Waals surface area contributed by atoms with Crippen molar-refractivity contribution < 1.29 is 17.9 Å². The zero-order valence-corrected chi connectivity index (χ0v) is 16.9. The van der Waals surface area contributed by atoms with Gasteiger partial charge in [-0.05, 0) is 61.0 Å². The smallest absolute Gasteiger partial charge is 0.261 e. The van der Waals surface area contributed by atoms with Gasteiger partial charge in [-0.25, -0.2) is 8.42 Å². The molecule has 0 bridgehead atoms. The van der Waals surface area contributed by atoms with E-state index in [1.54, 1.807) is 36.4 Å². The van der Waals surface area contributed by atoms with Gasteiger partial charge in [-0.1, -0.05) is 30.3 Å². The molecule has 29 heavy (non-hydrogen) atoms. The molecule has 0 aliphatic rings. The van der Waals surface area contributed by atoms with Gasteiger partial charge in [0, 0.05) is 11.3 Å². The number of carbonyl (C=O) groups is 1. The predicted octanol–water partition coefficient (Wildman–Crippen LogP) is 3.99. The Morgan fingerprint density at radius 2 is 1.52 bits per heavy atom. The van der Waals surface area contributed by atoms with Crippen LogP contribution < -0.4 is 14.8 Å². The standard InChI is InChI=1S/C22H22N2O4S/c1-16(17-6-4-3-5-7-17)23-22(25)18-8-10-19(11-9-18)24-29(26,27)21-14-12-20(28-2)13-15-21/h3-16,24H,1-2H3,(H,23,25)/t16-/m0/s1. The van der Waals surface area contributed by atoms with Gasteiger partial charge in [-0.2, -0.15) is 0 Å². The van der Waals surface area contributed by atoms with Gasteiger partial charge in [0.15, 0.2) is 0 Å². The summed E-state index contributed by atoms with van der Waals surface area (Å²) in [6.45, 7) is 1.91. The highest BCUT2D eigenvalue weighted by Crippen LogP contribution is 2.20. The Balaban J connectivity index is 1.67. The average Bonchev–Trinajstić information content (AvgIpc) is 2.74. The molecule has 0 aliphatic carbocycles. The van der Waals surface area contributed by atoms with Crippen molar-refractivity contribution in [1.82, 2.24) is 5.32 Å². The number of benzene rings is 3. The maximum Gasteiger partial charge on any atom is 0.261 e. The first-order chi connectivity index (χ1) is 13.9. The third-order valence-electron chi connectivity index (χ3n) is 4.42. The van der Waals surface area contributed by atoms with Crippen LogP contribution in [0.5, 0.6) is 5.75 Å². The first-order valence-electron chi connectivity index (χ1n) is 9.02. The molecule has 3 rings (SSSR count). The molecule has 3 aromatic carbocycles. The quantitative estimate of drug-likeness (QED) is 0.617. The van der Waals surface area contributed by atoms with Crippen LogP contribution in [0, 0.1) is 0 Å². The molecule has 0 saturated heterocycles. The third kappa shape index (κ3) is 5.14. The van der Waals surface area contributed by atoms with E-state index < -0.39 is 10.0 Å². The first kappa shape index (κ1) is 20.4. The number of anilines is 1. The van der Waals surface area contributed by atoms with E-state index in [1.165, 1.54) is 19.2 Å². The van der Waals surface area contributed by atoms with Gasteiger partial charge in [0.1, 0.15) is 5.75 Å². The van der Waals surface area contributed by atoms with E-state index >= 15 is 0 Å². The summed E-state index contributed by atoms with van der Waals surface area (Å²) in [5.41, 5.74) is 1.82. The maximum atomic E-state index is 12.5. The van der Waals surface area contributed by atoms with E-state index in [4.69, 9.17) is 4.74 Å². The predicted molar refractivity (Wildman–Crippen MR) is 113 cm³/mol. The van der Waals surface area contributed by atoms with Crippen molar-refractivity contribution in [3.63, 3.8) is 0 Å². The van der Waals surface area contributed by atoms with Gasteiger partial charge in [-0.3, -0.25) is 9.52 Å². The average molecular weight is 410 g/mol. The minimum atomic E-state index is -3.73. The minimum absolute atomic E-state index is 0.122. The van der Waals surface area contributed by atoms with Crippen molar-refractivity contribution in [1.29, 1.82) is 0 Å². The van der Waals surface area contributed by atoms with Crippen molar-refractivity contribution in [2.24, 2.45) is 0 Å². The van der Waals surface area contributed by atoms with E-state index in [2.05, 4.69) is 10.0 Å². The van der Waals surface area contributed by atoms with Gasteiger partial charge < -0.3 is 10.1 Å². The van der Waals surface area contributed by atoms with Crippen molar-refractivity contribution in [3.05, 3.63) is 90.0 Å². The lowest BCUT2D eigenvalue weighted by Gasteiger charge is -2.14. The molecule has 150 valence electrons. The van der Waals surface area contributed by atoms with Gasteiger partial charge in [-0.15, -0.1) is 0 Å². The largest absolute Gasteiger partial charge is 0.497 e. The molecule has 6 nitrogen and oxygen atoms in total. The molecule has 0 aromatic heterocycles. The van der Waals surface area contributed by atoms with E-state index in [0.29, 0.717) is 17.0 Å². The fourth-order valence-corrected chi connectivity index (χ4v) is 3.82. The fourth-order valence-electron chi connectivity index (χ4n) is 2.76. The van der Waals surface area contributed by atoms with E-state index in [0.717, 1.165) is 5.56 Å². The number of sulfonamides is 1. The lowest BCUT2D eigenvalue weighted by molar-refractivity contribution is 0.0940. The van der Waals surface area contributed by atoms with Gasteiger partial charge in [0.25, 0.3) is 15.9 Å². The Morgan fingerprint density at radius 3 is 2.10 bits per heavy atom. The summed E-state index contributed by atoms with van der Waals surface area (Å²) >= 11 is 0. The molecule has 2 N–H and O–H groups in total. The lowest BCUT2D eigenvalue weighted by Crippen LogP contribution is -2.26. The topological polar surface area (TPSA) is 84.5 Å². The van der Waals surface area contributed by atoms with Crippen LogP contribution in [0.25, 0.3) is 0 Å². The summed E-state index contributed by atoms with van der Waals surface area (Å²) in [5.74, 6) is 0.343. The molecule has 0 saturated carbocycles. The van der Waals surface area contributed by atoms with Gasteiger partial charge >= 0.3 is 0 Å². The second kappa shape index (κ2) is 8.79. The highest BCUT2D eigenvalue weighted by atomic mass is 32.2. The Morgan fingerprint density at radius 1 is 0.897 bits per heavy atom. The van der Waals surface area contributed by atoms with Crippen molar-refractivity contribution >= 4 is 21.6 Å². The number of rotatable bonds is 7. The fraction of sp³-hybridized carbons (Fsp3) is 0.136. The second-order valence-electron chi connectivity index (χ2n) is 6.46. The van der Waals surface area contributed by atoms with Crippen LogP contribution in [0.2, 0.25) is 0 Å². The van der Waals surface area contributed by atoms with Gasteiger partial charge in [0.2, 0.25) is 0 Å². The molecule has 0 fully saturated rings. The molecule has 0 aliphatic heterocycles. The Bertz CT molecular complexity index is 1060. The highest BCUT2D eigenvalue weighted by Gasteiger charge is 2.15. The molecule has 1 amide bonds. The van der Waals surface area contributed by atoms with E-state index in [1.807, 2.05) is 37.3 Å². The Kier molecular flexibility index (Phi) is 6.19. The summed E-state index contributed by atoms with van der Waals surface area (Å²) < 4.78 is 32.5. The molecule has 1 atom stereocenters. The number of amides is 1.